The molecular formula is C47H37BrCl4F4N8O4S2. The number of hydrogen-bond donors (Lipinski definition) is 2. The van der Waals surface area contributed by atoms with Crippen LogP contribution in [0.25, 0.3) is 0 Å². The summed E-state index contributed by atoms with van der Waals surface area (Å²) in [6.45, 7) is 7.35. The molecule has 0 bridgehead atoms. The molecule has 3 aliphatic heterocycles. The lowest BCUT2D eigenvalue weighted by molar-refractivity contribution is 0.0240. The van der Waals surface area contributed by atoms with E-state index in [0.717, 1.165) is 35.7 Å². The van der Waals surface area contributed by atoms with Gasteiger partial charge in [-0.3, -0.25) is 9.80 Å². The Morgan fingerprint density at radius 1 is 0.643 bits per heavy atom. The fourth-order valence-electron chi connectivity index (χ4n) is 7.36. The molecule has 5 amide bonds. The number of amides is 5. The Bertz CT molecular complexity index is 3020. The molecule has 23 heteroatoms. The van der Waals surface area contributed by atoms with Crippen LogP contribution in [0.5, 0.6) is 0 Å². The van der Waals surface area contributed by atoms with Gasteiger partial charge in [-0.25, -0.2) is 41.9 Å². The number of rotatable bonds is 7. The summed E-state index contributed by atoms with van der Waals surface area (Å²) in [6.07, 6.45) is -0.403. The van der Waals surface area contributed by atoms with Crippen LogP contribution in [-0.4, -0.2) is 64.8 Å². The van der Waals surface area contributed by atoms with Crippen molar-refractivity contribution in [3.63, 3.8) is 0 Å². The van der Waals surface area contributed by atoms with Crippen LogP contribution in [0.2, 0.25) is 20.1 Å². The summed E-state index contributed by atoms with van der Waals surface area (Å²) < 4.78 is 61.5. The van der Waals surface area contributed by atoms with Crippen LogP contribution in [0, 0.1) is 23.3 Å². The number of piperazine rings is 1. The molecule has 0 unspecified atom stereocenters. The summed E-state index contributed by atoms with van der Waals surface area (Å²) in [5, 5.41) is 7.62. The molecule has 9 rings (SSSR count). The Hall–Kier alpha value is -5.15. The van der Waals surface area contributed by atoms with E-state index in [1.54, 1.807) is 53.4 Å². The van der Waals surface area contributed by atoms with E-state index in [9.17, 15) is 31.9 Å². The summed E-state index contributed by atoms with van der Waals surface area (Å²) >= 11 is 31.1. The number of fused-ring (bicyclic) bond motifs is 2. The lowest BCUT2D eigenvalue weighted by atomic mass is 10.1. The molecule has 5 heterocycles. The van der Waals surface area contributed by atoms with Crippen LogP contribution in [0.3, 0.4) is 0 Å². The van der Waals surface area contributed by atoms with Gasteiger partial charge in [0.2, 0.25) is 0 Å². The van der Waals surface area contributed by atoms with Gasteiger partial charge in [0.25, 0.3) is 0 Å². The Morgan fingerprint density at radius 2 is 1.09 bits per heavy atom. The molecular weight excluding hydrogens is 1100 g/mol. The summed E-state index contributed by atoms with van der Waals surface area (Å²) in [4.78, 5) is 54.6. The zero-order valence-corrected chi connectivity index (χ0v) is 43.1. The molecule has 3 aliphatic rings. The maximum Gasteiger partial charge on any atom is 0.410 e. The standard InChI is InChI=1S/C28H27Cl2F2N5O3S.C19H10BrCl2F2N3OS/c1-28(2,3)40-27(39)36-11-9-35(10-12-36)22-14-21-20(34-25(22)41-23-8-7-16(31)13-19(23)32)15-33-26(38)37(21)24-17(29)5-4-6-18(24)30;20-10-7-15-14(26-18(10)29-16-5-4-9(23)6-13(16)24)8-25-19(28)27(15)17-11(21)2-1-3-12(17)22/h4-8,13-14H,9-12,15H2,1-3H3,(H,33,38);1-7H,8H2,(H,25,28). The number of aromatic nitrogens is 2. The number of para-hydroxylation sites is 2. The minimum Gasteiger partial charge on any atom is -0.444 e. The van der Waals surface area contributed by atoms with Crippen molar-refractivity contribution in [1.82, 2.24) is 25.5 Å². The Morgan fingerprint density at radius 3 is 1.54 bits per heavy atom. The number of ether oxygens (including phenoxy) is 1. The highest BCUT2D eigenvalue weighted by atomic mass is 79.9. The molecule has 4 aromatic carbocycles. The Kier molecular flexibility index (Phi) is 15.6. The molecule has 0 atom stereocenters. The van der Waals surface area contributed by atoms with Crippen molar-refractivity contribution in [2.24, 2.45) is 0 Å². The summed E-state index contributed by atoms with van der Waals surface area (Å²) in [6, 6.07) is 19.3. The van der Waals surface area contributed by atoms with E-state index in [1.807, 2.05) is 25.7 Å². The van der Waals surface area contributed by atoms with Gasteiger partial charge in [0.15, 0.2) is 0 Å². The first-order valence-electron chi connectivity index (χ1n) is 21.0. The van der Waals surface area contributed by atoms with Crippen LogP contribution >= 0.6 is 85.9 Å². The Labute approximate surface area is 436 Å². The predicted molar refractivity (Wildman–Crippen MR) is 269 cm³/mol. The molecule has 0 spiro atoms. The number of benzene rings is 4. The third-order valence-corrected chi connectivity index (χ3v) is 14.7. The number of hydrogen-bond acceptors (Lipinski definition) is 9. The van der Waals surface area contributed by atoms with Crippen LogP contribution in [0.4, 0.5) is 60.4 Å². The molecule has 1 saturated heterocycles. The smallest absolute Gasteiger partial charge is 0.410 e. The fourth-order valence-corrected chi connectivity index (χ4v) is 10.8. The predicted octanol–water partition coefficient (Wildman–Crippen LogP) is 14.2. The van der Waals surface area contributed by atoms with Crippen LogP contribution < -0.4 is 25.3 Å². The van der Waals surface area contributed by atoms with Gasteiger partial charge in [0.05, 0.1) is 77.5 Å². The molecule has 364 valence electrons. The minimum absolute atomic E-state index is 0.124. The van der Waals surface area contributed by atoms with Crippen molar-refractivity contribution in [3.05, 3.63) is 144 Å². The van der Waals surface area contributed by atoms with Crippen molar-refractivity contribution in [3.8, 4) is 0 Å². The number of carbonyl (C=O) groups excluding carboxylic acids is 3. The van der Waals surface area contributed by atoms with Gasteiger partial charge in [-0.2, -0.15) is 0 Å². The molecule has 70 heavy (non-hydrogen) atoms. The van der Waals surface area contributed by atoms with E-state index < -0.39 is 47.0 Å². The number of nitrogens with zero attached hydrogens (tertiary/aromatic N) is 6. The van der Waals surface area contributed by atoms with Crippen molar-refractivity contribution in [2.45, 2.75) is 59.3 Å². The molecule has 6 aromatic rings. The second-order valence-electron chi connectivity index (χ2n) is 16.5. The monoisotopic (exact) mass is 1140 g/mol. The average molecular weight is 1140 g/mol. The second-order valence-corrected chi connectivity index (χ2v) is 21.0. The first-order valence-corrected chi connectivity index (χ1v) is 25.0. The molecule has 2 N–H and O–H groups in total. The summed E-state index contributed by atoms with van der Waals surface area (Å²) in [5.74, 6) is -2.73. The molecule has 0 radical (unpaired) electrons. The highest BCUT2D eigenvalue weighted by Gasteiger charge is 2.35. The molecule has 1 fully saturated rings. The number of anilines is 5. The Balaban J connectivity index is 0.000000200. The van der Waals surface area contributed by atoms with Gasteiger partial charge in [-0.05, 0) is 97.4 Å². The van der Waals surface area contributed by atoms with Gasteiger partial charge in [-0.15, -0.1) is 0 Å². The highest BCUT2D eigenvalue weighted by Crippen LogP contribution is 2.46. The van der Waals surface area contributed by atoms with Gasteiger partial charge >= 0.3 is 18.2 Å². The van der Waals surface area contributed by atoms with Crippen molar-refractivity contribution in [1.29, 1.82) is 0 Å². The first kappa shape index (κ1) is 51.2. The number of pyridine rings is 2. The summed E-state index contributed by atoms with van der Waals surface area (Å²) in [5.41, 5.74) is 2.68. The van der Waals surface area contributed by atoms with E-state index in [4.69, 9.17) is 56.1 Å². The maximum absolute atomic E-state index is 14.7. The topological polar surface area (TPSA) is 123 Å². The minimum atomic E-state index is -0.715. The van der Waals surface area contributed by atoms with Crippen molar-refractivity contribution in [2.75, 3.05) is 40.9 Å². The maximum atomic E-state index is 14.7. The third kappa shape index (κ3) is 11.3. The second kappa shape index (κ2) is 21.3. The largest absolute Gasteiger partial charge is 0.444 e. The van der Waals surface area contributed by atoms with E-state index in [2.05, 4.69) is 31.5 Å². The fraction of sp³-hybridized carbons (Fsp3) is 0.213. The van der Waals surface area contributed by atoms with E-state index >= 15 is 0 Å². The van der Waals surface area contributed by atoms with Crippen LogP contribution in [0.1, 0.15) is 32.2 Å². The van der Waals surface area contributed by atoms with Crippen molar-refractivity contribution >= 4 is 132 Å². The van der Waals surface area contributed by atoms with E-state index in [-0.39, 0.29) is 32.9 Å². The average Bonchev–Trinajstić information content (AvgIpc) is 3.29. The number of carbonyl (C=O) groups is 3. The lowest BCUT2D eigenvalue weighted by Gasteiger charge is -2.38. The van der Waals surface area contributed by atoms with Crippen LogP contribution in [0.15, 0.2) is 109 Å². The van der Waals surface area contributed by atoms with E-state index in [0.29, 0.717) is 90.6 Å². The zero-order valence-electron chi connectivity index (χ0n) is 36.9. The highest BCUT2D eigenvalue weighted by molar-refractivity contribution is 9.10. The number of urea groups is 2. The zero-order chi connectivity index (χ0) is 50.2. The van der Waals surface area contributed by atoms with Gasteiger partial charge in [-0.1, -0.05) is 82.1 Å². The van der Waals surface area contributed by atoms with Crippen LogP contribution in [-0.2, 0) is 17.8 Å². The van der Waals surface area contributed by atoms with Gasteiger partial charge < -0.3 is 25.2 Å². The molecule has 0 aliphatic carbocycles. The normalized spacial score (nSPS) is 14.6. The van der Waals surface area contributed by atoms with Gasteiger partial charge in [0, 0.05) is 48.1 Å². The summed E-state index contributed by atoms with van der Waals surface area (Å²) in [7, 11) is 0. The first-order chi connectivity index (χ1) is 33.3. The quantitative estimate of drug-likeness (QED) is 0.150. The third-order valence-electron chi connectivity index (χ3n) is 10.5. The number of nitrogens with one attached hydrogen (secondary N) is 2. The molecule has 12 nitrogen and oxygen atoms in total. The van der Waals surface area contributed by atoms with Gasteiger partial charge in [0.1, 0.15) is 38.9 Å². The van der Waals surface area contributed by atoms with E-state index in [1.165, 1.54) is 34.1 Å². The molecule has 0 saturated carbocycles. The SMILES string of the molecule is CC(C)(C)OC(=O)N1CCN(c2cc3c(nc2Sc2ccc(F)cc2F)CNC(=O)N3c2c(Cl)cccc2Cl)CC1.O=C1NCc2nc(Sc3ccc(F)cc3F)c(Br)cc2N1c1c(Cl)cccc1Cl. The lowest BCUT2D eigenvalue weighted by Crippen LogP contribution is -2.50. The van der Waals surface area contributed by atoms with Crippen molar-refractivity contribution < 1.29 is 36.7 Å². The molecule has 2 aromatic heterocycles. The number of halogens is 9.